The van der Waals surface area contributed by atoms with Gasteiger partial charge < -0.3 is 14.6 Å². The van der Waals surface area contributed by atoms with Crippen LogP contribution in [0.15, 0.2) is 18.2 Å². The lowest BCUT2D eigenvalue weighted by molar-refractivity contribution is -0.246. The summed E-state index contributed by atoms with van der Waals surface area (Å²) < 4.78 is 11.8. The molecular formula is C18H29NO3. The third-order valence-corrected chi connectivity index (χ3v) is 3.68. The summed E-state index contributed by atoms with van der Waals surface area (Å²) in [6, 6.07) is 6.27. The molecule has 1 fully saturated rings. The Balaban J connectivity index is 1.95. The Kier molecular flexibility index (Phi) is 5.48. The van der Waals surface area contributed by atoms with Gasteiger partial charge in [0.2, 0.25) is 6.41 Å². The van der Waals surface area contributed by atoms with Gasteiger partial charge in [0, 0.05) is 13.1 Å². The van der Waals surface area contributed by atoms with Gasteiger partial charge in [0.1, 0.15) is 11.9 Å². The molecule has 124 valence electrons. The molecule has 4 heteroatoms. The Hall–Kier alpha value is -1.10. The van der Waals surface area contributed by atoms with Crippen LogP contribution in [0.1, 0.15) is 44.7 Å². The van der Waals surface area contributed by atoms with Gasteiger partial charge >= 0.3 is 0 Å². The van der Waals surface area contributed by atoms with Gasteiger partial charge in [-0.15, -0.1) is 0 Å². The zero-order chi connectivity index (χ0) is 16.3. The number of aliphatic hydroxyl groups excluding tert-OH is 1. The first kappa shape index (κ1) is 17.3. The van der Waals surface area contributed by atoms with E-state index in [4.69, 9.17) is 9.47 Å². The van der Waals surface area contributed by atoms with Gasteiger partial charge in [0.25, 0.3) is 0 Å². The summed E-state index contributed by atoms with van der Waals surface area (Å²) in [4.78, 5) is 1.95. The van der Waals surface area contributed by atoms with E-state index < -0.39 is 6.41 Å². The minimum absolute atomic E-state index is 0.0909. The second kappa shape index (κ2) is 6.99. The summed E-state index contributed by atoms with van der Waals surface area (Å²) in [6.07, 6.45) is 1.23. The molecule has 1 aliphatic heterocycles. The van der Waals surface area contributed by atoms with Crippen molar-refractivity contribution in [2.45, 2.75) is 65.6 Å². The molecule has 0 saturated carbocycles. The van der Waals surface area contributed by atoms with Crippen LogP contribution in [0.5, 0.6) is 5.75 Å². The van der Waals surface area contributed by atoms with E-state index in [-0.39, 0.29) is 11.7 Å². The quantitative estimate of drug-likeness (QED) is 0.867. The molecule has 0 spiro atoms. The second-order valence-electron chi connectivity index (χ2n) is 7.26. The number of nitrogens with zero attached hydrogens (tertiary/aromatic N) is 1. The smallest absolute Gasteiger partial charge is 0.216 e. The van der Waals surface area contributed by atoms with Gasteiger partial charge in [0.15, 0.2) is 0 Å². The Morgan fingerprint density at radius 2 is 1.82 bits per heavy atom. The van der Waals surface area contributed by atoms with Crippen LogP contribution in [0.25, 0.3) is 0 Å². The Bertz CT molecular complexity index is 475. The monoisotopic (exact) mass is 307 g/mol. The molecule has 0 amide bonds. The van der Waals surface area contributed by atoms with Crippen LogP contribution in [0, 0.1) is 13.8 Å². The normalized spacial score (nSPS) is 21.6. The van der Waals surface area contributed by atoms with Crippen LogP contribution in [-0.4, -0.2) is 41.2 Å². The fraction of sp³-hybridized carbons (Fsp3) is 0.667. The molecule has 0 aliphatic carbocycles. The van der Waals surface area contributed by atoms with Crippen molar-refractivity contribution in [3.63, 3.8) is 0 Å². The summed E-state index contributed by atoms with van der Waals surface area (Å²) in [5, 5.41) is 10.2. The van der Waals surface area contributed by atoms with Crippen molar-refractivity contribution >= 4 is 0 Å². The van der Waals surface area contributed by atoms with Crippen LogP contribution >= 0.6 is 0 Å². The second-order valence-corrected chi connectivity index (χ2v) is 7.26. The van der Waals surface area contributed by atoms with E-state index in [9.17, 15) is 5.11 Å². The minimum Gasteiger partial charge on any atom is -0.489 e. The van der Waals surface area contributed by atoms with Crippen molar-refractivity contribution in [2.75, 3.05) is 13.1 Å². The first-order valence-electron chi connectivity index (χ1n) is 8.08. The number of hydrogen-bond acceptors (Lipinski definition) is 4. The average molecular weight is 307 g/mol. The third kappa shape index (κ3) is 5.27. The fourth-order valence-electron chi connectivity index (χ4n) is 2.85. The maximum absolute atomic E-state index is 10.2. The molecule has 0 radical (unpaired) electrons. The van der Waals surface area contributed by atoms with Crippen molar-refractivity contribution in [3.8, 4) is 5.75 Å². The van der Waals surface area contributed by atoms with Crippen LogP contribution in [0.3, 0.4) is 0 Å². The number of piperidine rings is 1. The van der Waals surface area contributed by atoms with Gasteiger partial charge in [-0.05, 0) is 70.7 Å². The summed E-state index contributed by atoms with van der Waals surface area (Å²) in [5.41, 5.74) is 2.05. The molecule has 1 aromatic rings. The minimum atomic E-state index is -0.870. The Labute approximate surface area is 134 Å². The summed E-state index contributed by atoms with van der Waals surface area (Å²) in [5.74, 6) is 0.913. The van der Waals surface area contributed by atoms with E-state index in [0.717, 1.165) is 25.1 Å². The van der Waals surface area contributed by atoms with Crippen molar-refractivity contribution in [3.05, 3.63) is 29.3 Å². The third-order valence-electron chi connectivity index (χ3n) is 3.68. The van der Waals surface area contributed by atoms with Gasteiger partial charge in [-0.1, -0.05) is 6.07 Å². The van der Waals surface area contributed by atoms with Gasteiger partial charge in [-0.3, -0.25) is 4.90 Å². The number of aliphatic hydroxyl groups is 1. The lowest BCUT2D eigenvalue weighted by Crippen LogP contribution is -2.49. The van der Waals surface area contributed by atoms with Crippen molar-refractivity contribution in [1.29, 1.82) is 0 Å². The molecular weight excluding hydrogens is 278 g/mol. The standard InChI is InChI=1S/C18H29NO3/c1-13-9-14(2)11-16(10-13)21-15-7-6-8-19(12-15)17(20)22-18(3,4)5/h9-11,15,17,20H,6-8,12H2,1-5H3. The molecule has 2 atom stereocenters. The van der Waals surface area contributed by atoms with Crippen molar-refractivity contribution in [2.24, 2.45) is 0 Å². The first-order valence-corrected chi connectivity index (χ1v) is 8.08. The largest absolute Gasteiger partial charge is 0.489 e. The highest BCUT2D eigenvalue weighted by molar-refractivity contribution is 5.33. The molecule has 1 saturated heterocycles. The predicted molar refractivity (Wildman–Crippen MR) is 88.0 cm³/mol. The Morgan fingerprint density at radius 3 is 2.41 bits per heavy atom. The van der Waals surface area contributed by atoms with Crippen molar-refractivity contribution in [1.82, 2.24) is 4.90 Å². The number of hydrogen-bond donors (Lipinski definition) is 1. The lowest BCUT2D eigenvalue weighted by atomic mass is 10.1. The number of aryl methyl sites for hydroxylation is 2. The van der Waals surface area contributed by atoms with Gasteiger partial charge in [-0.2, -0.15) is 0 Å². The molecule has 0 aromatic heterocycles. The molecule has 4 nitrogen and oxygen atoms in total. The molecule has 1 heterocycles. The average Bonchev–Trinajstić information content (AvgIpc) is 2.35. The van der Waals surface area contributed by atoms with Gasteiger partial charge in [0.05, 0.1) is 5.60 Å². The summed E-state index contributed by atoms with van der Waals surface area (Å²) in [6.45, 7) is 11.5. The topological polar surface area (TPSA) is 41.9 Å². The number of ether oxygens (including phenoxy) is 2. The van der Waals surface area contributed by atoms with Crippen LogP contribution in [-0.2, 0) is 4.74 Å². The molecule has 1 aromatic carbocycles. The van der Waals surface area contributed by atoms with Gasteiger partial charge in [-0.25, -0.2) is 0 Å². The first-order chi connectivity index (χ1) is 10.2. The highest BCUT2D eigenvalue weighted by atomic mass is 16.6. The highest BCUT2D eigenvalue weighted by Crippen LogP contribution is 2.23. The SMILES string of the molecule is Cc1cc(C)cc(OC2CCCN(C(O)OC(C)(C)C)C2)c1. The maximum atomic E-state index is 10.2. The molecule has 2 unspecified atom stereocenters. The number of rotatable bonds is 4. The summed E-state index contributed by atoms with van der Waals surface area (Å²) in [7, 11) is 0. The molecule has 22 heavy (non-hydrogen) atoms. The molecule has 0 bridgehead atoms. The zero-order valence-corrected chi connectivity index (χ0v) is 14.4. The van der Waals surface area contributed by atoms with E-state index in [1.54, 1.807) is 0 Å². The lowest BCUT2D eigenvalue weighted by Gasteiger charge is -2.37. The van der Waals surface area contributed by atoms with Crippen molar-refractivity contribution < 1.29 is 14.6 Å². The number of benzene rings is 1. The van der Waals surface area contributed by atoms with Crippen LogP contribution in [0.2, 0.25) is 0 Å². The summed E-state index contributed by atoms with van der Waals surface area (Å²) >= 11 is 0. The van der Waals surface area contributed by atoms with E-state index in [2.05, 4.69) is 32.0 Å². The van der Waals surface area contributed by atoms with Crippen LogP contribution in [0.4, 0.5) is 0 Å². The van der Waals surface area contributed by atoms with E-state index in [1.165, 1.54) is 11.1 Å². The zero-order valence-electron chi connectivity index (χ0n) is 14.4. The predicted octanol–water partition coefficient (Wildman–Crippen LogP) is 3.24. The molecule has 1 aliphatic rings. The molecule has 1 N–H and O–H groups in total. The number of likely N-dealkylation sites (tertiary alicyclic amines) is 1. The van der Waals surface area contributed by atoms with E-state index in [1.807, 2.05) is 25.7 Å². The van der Waals surface area contributed by atoms with Crippen LogP contribution < -0.4 is 4.74 Å². The highest BCUT2D eigenvalue weighted by Gasteiger charge is 2.29. The van der Waals surface area contributed by atoms with E-state index in [0.29, 0.717) is 6.54 Å². The maximum Gasteiger partial charge on any atom is 0.216 e. The molecule has 2 rings (SSSR count). The van der Waals surface area contributed by atoms with E-state index >= 15 is 0 Å². The fourth-order valence-corrected chi connectivity index (χ4v) is 2.85. The Morgan fingerprint density at radius 1 is 1.18 bits per heavy atom.